The fourth-order valence-electron chi connectivity index (χ4n) is 2.40. The van der Waals surface area contributed by atoms with Crippen LogP contribution in [0.4, 0.5) is 0 Å². The molecule has 1 fully saturated rings. The quantitative estimate of drug-likeness (QED) is 0.790. The molecule has 1 saturated carbocycles. The Bertz CT molecular complexity index is 581. The van der Waals surface area contributed by atoms with E-state index in [9.17, 15) is 13.5 Å². The second kappa shape index (κ2) is 6.87. The van der Waals surface area contributed by atoms with Gasteiger partial charge in [-0.05, 0) is 36.5 Å². The van der Waals surface area contributed by atoms with Gasteiger partial charge >= 0.3 is 0 Å². The lowest BCUT2D eigenvalue weighted by molar-refractivity contribution is 0.177. The molecule has 0 aliphatic heterocycles. The van der Waals surface area contributed by atoms with Crippen LogP contribution in [0.15, 0.2) is 23.1 Å². The third-order valence-corrected chi connectivity index (χ3v) is 5.79. The Morgan fingerprint density at radius 1 is 1.38 bits per heavy atom. The lowest BCUT2D eigenvalue weighted by Crippen LogP contribution is -2.36. The van der Waals surface area contributed by atoms with Crippen LogP contribution in [0.2, 0.25) is 0 Å². The summed E-state index contributed by atoms with van der Waals surface area (Å²) in [5.41, 5.74) is 1.41. The number of sulfonamides is 1. The molecule has 2 rings (SSSR count). The van der Waals surface area contributed by atoms with Crippen LogP contribution >= 0.6 is 0 Å². The largest absolute Gasteiger partial charge is 0.392 e. The zero-order chi connectivity index (χ0) is 15.5. The Morgan fingerprint density at radius 3 is 2.62 bits per heavy atom. The number of hydrogen-bond acceptors (Lipinski definition) is 4. The summed E-state index contributed by atoms with van der Waals surface area (Å²) in [4.78, 5) is 0.319. The smallest absolute Gasteiger partial charge is 0.243 e. The standard InChI is InChI=1S/C15H23NO4S/c1-3-13-5-4-12(11-17)10-15(13)21(18,19)16(8-9-20-2)14-6-7-14/h4-5,10,14,17H,3,6-9,11H2,1-2H3. The molecule has 0 saturated heterocycles. The van der Waals surface area contributed by atoms with Crippen LogP contribution < -0.4 is 0 Å². The highest BCUT2D eigenvalue weighted by Crippen LogP contribution is 2.33. The number of aliphatic hydroxyl groups excluding tert-OH is 1. The van der Waals surface area contributed by atoms with E-state index in [-0.39, 0.29) is 12.6 Å². The average molecular weight is 313 g/mol. The van der Waals surface area contributed by atoms with Crippen LogP contribution in [0.3, 0.4) is 0 Å². The molecule has 1 N–H and O–H groups in total. The summed E-state index contributed by atoms with van der Waals surface area (Å²) in [6.07, 6.45) is 2.46. The maximum absolute atomic E-state index is 13.0. The van der Waals surface area contributed by atoms with Crippen LogP contribution in [-0.4, -0.2) is 44.1 Å². The molecule has 6 heteroatoms. The molecule has 1 aliphatic rings. The topological polar surface area (TPSA) is 66.8 Å². The number of aliphatic hydroxyl groups is 1. The van der Waals surface area contributed by atoms with E-state index in [0.717, 1.165) is 18.4 Å². The highest BCUT2D eigenvalue weighted by atomic mass is 32.2. The van der Waals surface area contributed by atoms with Crippen LogP contribution in [-0.2, 0) is 27.8 Å². The van der Waals surface area contributed by atoms with Crippen LogP contribution in [0.5, 0.6) is 0 Å². The average Bonchev–Trinajstić information content (AvgIpc) is 3.31. The van der Waals surface area contributed by atoms with E-state index < -0.39 is 10.0 Å². The third-order valence-electron chi connectivity index (χ3n) is 3.75. The molecule has 0 amide bonds. The van der Waals surface area contributed by atoms with E-state index in [1.165, 1.54) is 0 Å². The second-order valence-corrected chi connectivity index (χ2v) is 7.15. The molecule has 0 spiro atoms. The van der Waals surface area contributed by atoms with E-state index in [2.05, 4.69) is 0 Å². The van der Waals surface area contributed by atoms with Crippen molar-refractivity contribution >= 4 is 10.0 Å². The Labute approximate surface area is 126 Å². The molecule has 118 valence electrons. The number of hydrogen-bond donors (Lipinski definition) is 1. The summed E-state index contributed by atoms with van der Waals surface area (Å²) in [6, 6.07) is 5.25. The number of nitrogens with zero attached hydrogens (tertiary/aromatic N) is 1. The van der Waals surface area contributed by atoms with Crippen molar-refractivity contribution in [1.29, 1.82) is 0 Å². The van der Waals surface area contributed by atoms with Gasteiger partial charge in [-0.1, -0.05) is 19.1 Å². The van der Waals surface area contributed by atoms with Gasteiger partial charge in [-0.3, -0.25) is 0 Å². The lowest BCUT2D eigenvalue weighted by Gasteiger charge is -2.23. The van der Waals surface area contributed by atoms with Crippen molar-refractivity contribution in [2.24, 2.45) is 0 Å². The van der Waals surface area contributed by atoms with Crippen LogP contribution in [0.25, 0.3) is 0 Å². The molecule has 0 radical (unpaired) electrons. The van der Waals surface area contributed by atoms with Crippen molar-refractivity contribution in [3.8, 4) is 0 Å². The Hall–Kier alpha value is -0.950. The summed E-state index contributed by atoms with van der Waals surface area (Å²) < 4.78 is 32.5. The molecule has 0 atom stereocenters. The molecule has 1 aliphatic carbocycles. The summed E-state index contributed by atoms with van der Waals surface area (Å²) in [7, 11) is -1.97. The van der Waals surface area contributed by atoms with Gasteiger partial charge in [-0.2, -0.15) is 4.31 Å². The maximum atomic E-state index is 13.0. The fraction of sp³-hybridized carbons (Fsp3) is 0.600. The van der Waals surface area contributed by atoms with Gasteiger partial charge < -0.3 is 9.84 Å². The van der Waals surface area contributed by atoms with Gasteiger partial charge in [0.05, 0.1) is 18.1 Å². The molecule has 1 aromatic rings. The SMILES string of the molecule is CCc1ccc(CO)cc1S(=O)(=O)N(CCOC)C1CC1. The van der Waals surface area contributed by atoms with Crippen molar-refractivity contribution in [3.63, 3.8) is 0 Å². The first-order valence-corrected chi connectivity index (χ1v) is 8.72. The van der Waals surface area contributed by atoms with E-state index in [0.29, 0.717) is 30.0 Å². The highest BCUT2D eigenvalue weighted by molar-refractivity contribution is 7.89. The van der Waals surface area contributed by atoms with E-state index in [1.54, 1.807) is 29.6 Å². The van der Waals surface area contributed by atoms with Gasteiger partial charge in [0.25, 0.3) is 0 Å². The Balaban J connectivity index is 2.40. The molecule has 0 heterocycles. The molecule has 21 heavy (non-hydrogen) atoms. The minimum Gasteiger partial charge on any atom is -0.392 e. The van der Waals surface area contributed by atoms with Crippen molar-refractivity contribution in [3.05, 3.63) is 29.3 Å². The Kier molecular flexibility index (Phi) is 5.37. The first kappa shape index (κ1) is 16.4. The molecule has 1 aromatic carbocycles. The number of methoxy groups -OCH3 is 1. The molecule has 0 aromatic heterocycles. The van der Waals surface area contributed by atoms with Crippen molar-refractivity contribution < 1.29 is 18.3 Å². The van der Waals surface area contributed by atoms with E-state index in [4.69, 9.17) is 4.74 Å². The first-order chi connectivity index (χ1) is 10.0. The van der Waals surface area contributed by atoms with E-state index >= 15 is 0 Å². The predicted octanol–water partition coefficient (Wildman–Crippen LogP) is 1.54. The summed E-state index contributed by atoms with van der Waals surface area (Å²) in [5, 5.41) is 9.26. The van der Waals surface area contributed by atoms with E-state index in [1.807, 2.05) is 6.92 Å². The number of benzene rings is 1. The molecular weight excluding hydrogens is 290 g/mol. The minimum absolute atomic E-state index is 0.0904. The van der Waals surface area contributed by atoms with Gasteiger partial charge in [-0.25, -0.2) is 8.42 Å². The summed E-state index contributed by atoms with van der Waals surface area (Å²) in [6.45, 7) is 2.53. The third kappa shape index (κ3) is 3.63. The first-order valence-electron chi connectivity index (χ1n) is 7.28. The number of rotatable bonds is 8. The molecule has 0 unspecified atom stereocenters. The second-order valence-electron chi connectivity index (χ2n) is 5.29. The zero-order valence-electron chi connectivity index (χ0n) is 12.6. The van der Waals surface area contributed by atoms with Crippen LogP contribution in [0, 0.1) is 0 Å². The molecular formula is C15H23NO4S. The monoisotopic (exact) mass is 313 g/mol. The number of aryl methyl sites for hydroxylation is 1. The fourth-order valence-corrected chi connectivity index (χ4v) is 4.41. The normalized spacial score (nSPS) is 15.6. The zero-order valence-corrected chi connectivity index (χ0v) is 13.4. The van der Waals surface area contributed by atoms with Crippen LogP contribution in [0.1, 0.15) is 30.9 Å². The maximum Gasteiger partial charge on any atom is 0.243 e. The lowest BCUT2D eigenvalue weighted by atomic mass is 10.1. The molecule has 0 bridgehead atoms. The number of ether oxygens (including phenoxy) is 1. The minimum atomic E-state index is -3.54. The highest BCUT2D eigenvalue weighted by Gasteiger charge is 2.38. The predicted molar refractivity (Wildman–Crippen MR) is 80.5 cm³/mol. The Morgan fingerprint density at radius 2 is 2.10 bits per heavy atom. The van der Waals surface area contributed by atoms with Gasteiger partial charge in [-0.15, -0.1) is 0 Å². The van der Waals surface area contributed by atoms with Gasteiger partial charge in [0.2, 0.25) is 10.0 Å². The van der Waals surface area contributed by atoms with Crippen molar-refractivity contribution in [1.82, 2.24) is 4.31 Å². The summed E-state index contributed by atoms with van der Waals surface area (Å²) in [5.74, 6) is 0. The van der Waals surface area contributed by atoms with Crippen molar-refractivity contribution in [2.75, 3.05) is 20.3 Å². The van der Waals surface area contributed by atoms with Gasteiger partial charge in [0, 0.05) is 19.7 Å². The summed E-state index contributed by atoms with van der Waals surface area (Å²) >= 11 is 0. The molecule has 5 nitrogen and oxygen atoms in total. The van der Waals surface area contributed by atoms with Gasteiger partial charge in [0.1, 0.15) is 0 Å². The van der Waals surface area contributed by atoms with Crippen molar-refractivity contribution in [2.45, 2.75) is 43.7 Å². The van der Waals surface area contributed by atoms with Gasteiger partial charge in [0.15, 0.2) is 0 Å².